The highest BCUT2D eigenvalue weighted by Gasteiger charge is 2.29. The first-order valence-corrected chi connectivity index (χ1v) is 7.60. The predicted octanol–water partition coefficient (Wildman–Crippen LogP) is 2.29. The van der Waals surface area contributed by atoms with Crippen molar-refractivity contribution in [3.63, 3.8) is 0 Å². The SMILES string of the molecule is N#Cc1cccc(C(=O)N2CCn3nc(C4CC4)cc3C2)c1. The molecule has 0 atom stereocenters. The van der Waals surface area contributed by atoms with Crippen LogP contribution in [0.1, 0.15) is 46.1 Å². The van der Waals surface area contributed by atoms with Crippen LogP contribution in [0, 0.1) is 11.3 Å². The van der Waals surface area contributed by atoms with Gasteiger partial charge in [0, 0.05) is 18.0 Å². The number of hydrogen-bond acceptors (Lipinski definition) is 3. The van der Waals surface area contributed by atoms with Crippen molar-refractivity contribution in [1.29, 1.82) is 5.26 Å². The summed E-state index contributed by atoms with van der Waals surface area (Å²) in [4.78, 5) is 14.5. The topological polar surface area (TPSA) is 61.9 Å². The molecular formula is C17H16N4O. The molecule has 2 aliphatic rings. The van der Waals surface area contributed by atoms with E-state index in [2.05, 4.69) is 17.2 Å². The van der Waals surface area contributed by atoms with Gasteiger partial charge in [0.25, 0.3) is 5.91 Å². The van der Waals surface area contributed by atoms with E-state index < -0.39 is 0 Å². The average molecular weight is 292 g/mol. The third kappa shape index (κ3) is 2.27. The summed E-state index contributed by atoms with van der Waals surface area (Å²) in [6.45, 7) is 2.00. The fourth-order valence-corrected chi connectivity index (χ4v) is 2.94. The van der Waals surface area contributed by atoms with Crippen LogP contribution in [-0.4, -0.2) is 27.1 Å². The Morgan fingerprint density at radius 1 is 1.27 bits per heavy atom. The van der Waals surface area contributed by atoms with Gasteiger partial charge < -0.3 is 4.90 Å². The average Bonchev–Trinajstić information content (AvgIpc) is 3.33. The lowest BCUT2D eigenvalue weighted by molar-refractivity contribution is 0.0706. The van der Waals surface area contributed by atoms with Crippen LogP contribution in [0.25, 0.3) is 0 Å². The number of hydrogen-bond donors (Lipinski definition) is 0. The molecule has 0 saturated heterocycles. The zero-order valence-corrected chi connectivity index (χ0v) is 12.2. The van der Waals surface area contributed by atoms with Crippen LogP contribution in [0.2, 0.25) is 0 Å². The van der Waals surface area contributed by atoms with Gasteiger partial charge in [0.2, 0.25) is 0 Å². The molecule has 1 aliphatic heterocycles. The molecule has 0 spiro atoms. The lowest BCUT2D eigenvalue weighted by atomic mass is 10.1. The van der Waals surface area contributed by atoms with Crippen molar-refractivity contribution in [2.75, 3.05) is 6.54 Å². The number of aromatic nitrogens is 2. The van der Waals surface area contributed by atoms with Crippen molar-refractivity contribution < 1.29 is 4.79 Å². The van der Waals surface area contributed by atoms with Gasteiger partial charge in [-0.3, -0.25) is 9.48 Å². The molecule has 1 aromatic heterocycles. The first-order chi connectivity index (χ1) is 10.7. The lowest BCUT2D eigenvalue weighted by Crippen LogP contribution is -2.38. The maximum absolute atomic E-state index is 12.6. The van der Waals surface area contributed by atoms with Crippen molar-refractivity contribution >= 4 is 5.91 Å². The molecule has 1 aliphatic carbocycles. The van der Waals surface area contributed by atoms with Gasteiger partial charge in [0.15, 0.2) is 0 Å². The van der Waals surface area contributed by atoms with E-state index in [-0.39, 0.29) is 5.91 Å². The third-order valence-electron chi connectivity index (χ3n) is 4.34. The molecule has 4 rings (SSSR count). The Bertz CT molecular complexity index is 782. The molecule has 0 radical (unpaired) electrons. The smallest absolute Gasteiger partial charge is 0.254 e. The molecule has 2 aromatic rings. The van der Waals surface area contributed by atoms with Crippen molar-refractivity contribution in [2.45, 2.75) is 31.8 Å². The Hall–Kier alpha value is -2.61. The maximum atomic E-state index is 12.6. The number of carbonyl (C=O) groups is 1. The Morgan fingerprint density at radius 3 is 2.91 bits per heavy atom. The number of nitrogens with zero attached hydrogens (tertiary/aromatic N) is 4. The molecule has 1 fully saturated rings. The van der Waals surface area contributed by atoms with E-state index in [4.69, 9.17) is 5.26 Å². The van der Waals surface area contributed by atoms with Gasteiger partial charge in [-0.05, 0) is 37.1 Å². The Kier molecular flexibility index (Phi) is 2.97. The second kappa shape index (κ2) is 4.99. The van der Waals surface area contributed by atoms with Crippen LogP contribution in [0.3, 0.4) is 0 Å². The van der Waals surface area contributed by atoms with E-state index in [0.29, 0.717) is 30.1 Å². The molecule has 5 nitrogen and oxygen atoms in total. The number of rotatable bonds is 2. The minimum absolute atomic E-state index is 0.0162. The number of carbonyl (C=O) groups excluding carboxylic acids is 1. The molecule has 5 heteroatoms. The minimum atomic E-state index is -0.0162. The molecule has 0 bridgehead atoms. The van der Waals surface area contributed by atoms with Gasteiger partial charge in [-0.1, -0.05) is 6.07 Å². The summed E-state index contributed by atoms with van der Waals surface area (Å²) >= 11 is 0. The maximum Gasteiger partial charge on any atom is 0.254 e. The molecule has 1 aromatic carbocycles. The largest absolute Gasteiger partial charge is 0.331 e. The number of fused-ring (bicyclic) bond motifs is 1. The summed E-state index contributed by atoms with van der Waals surface area (Å²) < 4.78 is 2.03. The van der Waals surface area contributed by atoms with Crippen molar-refractivity contribution in [2.24, 2.45) is 0 Å². The fourth-order valence-electron chi connectivity index (χ4n) is 2.94. The monoisotopic (exact) mass is 292 g/mol. The molecule has 0 unspecified atom stereocenters. The molecule has 0 N–H and O–H groups in total. The Labute approximate surface area is 128 Å². The third-order valence-corrected chi connectivity index (χ3v) is 4.34. The van der Waals surface area contributed by atoms with Crippen LogP contribution in [-0.2, 0) is 13.1 Å². The highest BCUT2D eigenvalue weighted by Crippen LogP contribution is 2.39. The summed E-state index contributed by atoms with van der Waals surface area (Å²) in [5.74, 6) is 0.618. The lowest BCUT2D eigenvalue weighted by Gasteiger charge is -2.27. The second-order valence-electron chi connectivity index (χ2n) is 5.98. The molecule has 1 amide bonds. The van der Waals surface area contributed by atoms with Crippen LogP contribution >= 0.6 is 0 Å². The van der Waals surface area contributed by atoms with Gasteiger partial charge in [0.1, 0.15) is 0 Å². The molecule has 2 heterocycles. The van der Waals surface area contributed by atoms with Crippen LogP contribution in [0.15, 0.2) is 30.3 Å². The van der Waals surface area contributed by atoms with Gasteiger partial charge in [-0.15, -0.1) is 0 Å². The Balaban J connectivity index is 1.55. The van der Waals surface area contributed by atoms with E-state index in [1.807, 2.05) is 9.58 Å². The summed E-state index contributed by atoms with van der Waals surface area (Å²) in [5, 5.41) is 13.6. The minimum Gasteiger partial charge on any atom is -0.331 e. The second-order valence-corrected chi connectivity index (χ2v) is 5.98. The zero-order valence-electron chi connectivity index (χ0n) is 12.2. The first-order valence-electron chi connectivity index (χ1n) is 7.60. The number of benzene rings is 1. The molecule has 22 heavy (non-hydrogen) atoms. The van der Waals surface area contributed by atoms with Gasteiger partial charge >= 0.3 is 0 Å². The van der Waals surface area contributed by atoms with Crippen molar-refractivity contribution in [3.05, 3.63) is 52.8 Å². The summed E-state index contributed by atoms with van der Waals surface area (Å²) in [5.41, 5.74) is 3.38. The summed E-state index contributed by atoms with van der Waals surface area (Å²) in [6.07, 6.45) is 2.47. The normalized spacial score (nSPS) is 17.0. The van der Waals surface area contributed by atoms with Gasteiger partial charge in [0.05, 0.1) is 36.1 Å². The standard InChI is InChI=1S/C17H16N4O/c18-10-12-2-1-3-14(8-12)17(22)20-6-7-21-15(11-20)9-16(19-21)13-4-5-13/h1-3,8-9,13H,4-7,11H2. The highest BCUT2D eigenvalue weighted by molar-refractivity contribution is 5.94. The van der Waals surface area contributed by atoms with E-state index in [9.17, 15) is 4.79 Å². The fraction of sp³-hybridized carbons (Fsp3) is 0.353. The summed E-state index contributed by atoms with van der Waals surface area (Å²) in [7, 11) is 0. The van der Waals surface area contributed by atoms with Crippen LogP contribution in [0.4, 0.5) is 0 Å². The van der Waals surface area contributed by atoms with E-state index in [1.165, 1.54) is 18.5 Å². The number of nitriles is 1. The Morgan fingerprint density at radius 2 is 2.14 bits per heavy atom. The van der Waals surface area contributed by atoms with E-state index in [1.54, 1.807) is 24.3 Å². The summed E-state index contributed by atoms with van der Waals surface area (Å²) in [6, 6.07) is 11.1. The molecular weight excluding hydrogens is 276 g/mol. The van der Waals surface area contributed by atoms with Crippen LogP contribution in [0.5, 0.6) is 0 Å². The predicted molar refractivity (Wildman–Crippen MR) is 80.1 cm³/mol. The molecule has 110 valence electrons. The van der Waals surface area contributed by atoms with Gasteiger partial charge in [-0.25, -0.2) is 0 Å². The zero-order chi connectivity index (χ0) is 15.1. The number of amides is 1. The highest BCUT2D eigenvalue weighted by atomic mass is 16.2. The molecule has 1 saturated carbocycles. The quantitative estimate of drug-likeness (QED) is 0.853. The van der Waals surface area contributed by atoms with E-state index in [0.717, 1.165) is 12.2 Å². The van der Waals surface area contributed by atoms with Crippen molar-refractivity contribution in [1.82, 2.24) is 14.7 Å². The first kappa shape index (κ1) is 13.1. The van der Waals surface area contributed by atoms with Crippen LogP contribution < -0.4 is 0 Å². The van der Waals surface area contributed by atoms with E-state index >= 15 is 0 Å². The van der Waals surface area contributed by atoms with Crippen molar-refractivity contribution in [3.8, 4) is 6.07 Å². The van der Waals surface area contributed by atoms with Gasteiger partial charge in [-0.2, -0.15) is 10.4 Å².